The Kier molecular flexibility index (Phi) is 8.81. The molecule has 0 radical (unpaired) electrons. The SMILES string of the molecule is O=C(NCC(=O)N1C(C(=O)O)CCC1(c1ccccc1)c1ccccc1)Nc1cccc(C(=O)OCc2ccccc2)c1. The van der Waals surface area contributed by atoms with Gasteiger partial charge in [0.2, 0.25) is 5.91 Å². The second-order valence-corrected chi connectivity index (χ2v) is 10.2. The van der Waals surface area contributed by atoms with Gasteiger partial charge in [-0.1, -0.05) is 97.1 Å². The molecule has 0 aliphatic carbocycles. The van der Waals surface area contributed by atoms with E-state index in [4.69, 9.17) is 4.74 Å². The quantitative estimate of drug-likeness (QED) is 0.235. The van der Waals surface area contributed by atoms with Gasteiger partial charge in [-0.05, 0) is 47.7 Å². The third kappa shape index (κ3) is 6.41. The van der Waals surface area contributed by atoms with Gasteiger partial charge in [0.15, 0.2) is 0 Å². The number of anilines is 1. The number of carboxylic acid groups (broad SMARTS) is 1. The number of urea groups is 1. The maximum Gasteiger partial charge on any atom is 0.338 e. The van der Waals surface area contributed by atoms with Crippen molar-refractivity contribution in [3.63, 3.8) is 0 Å². The van der Waals surface area contributed by atoms with Gasteiger partial charge in [0.05, 0.1) is 17.6 Å². The number of carbonyl (C=O) groups is 4. The first-order valence-electron chi connectivity index (χ1n) is 13.9. The normalized spacial score (nSPS) is 15.3. The van der Waals surface area contributed by atoms with Crippen LogP contribution in [-0.2, 0) is 26.5 Å². The van der Waals surface area contributed by atoms with Gasteiger partial charge in [-0.25, -0.2) is 14.4 Å². The molecule has 0 spiro atoms. The third-order valence-corrected chi connectivity index (χ3v) is 7.53. The fourth-order valence-corrected chi connectivity index (χ4v) is 5.59. The molecular weight excluding hydrogens is 546 g/mol. The predicted molar refractivity (Wildman–Crippen MR) is 160 cm³/mol. The number of nitrogens with zero attached hydrogens (tertiary/aromatic N) is 1. The number of ether oxygens (including phenoxy) is 1. The van der Waals surface area contributed by atoms with E-state index in [2.05, 4.69) is 10.6 Å². The molecule has 1 aliphatic heterocycles. The molecular formula is C34H31N3O6. The molecule has 1 saturated heterocycles. The van der Waals surface area contributed by atoms with E-state index in [9.17, 15) is 24.3 Å². The van der Waals surface area contributed by atoms with Crippen LogP contribution in [0.15, 0.2) is 115 Å². The van der Waals surface area contributed by atoms with Crippen LogP contribution in [0.25, 0.3) is 0 Å². The van der Waals surface area contributed by atoms with Crippen LogP contribution >= 0.6 is 0 Å². The number of hydrogen-bond donors (Lipinski definition) is 3. The van der Waals surface area contributed by atoms with E-state index in [0.717, 1.165) is 16.7 Å². The Morgan fingerprint density at radius 1 is 0.814 bits per heavy atom. The molecule has 1 atom stereocenters. The Morgan fingerprint density at radius 3 is 2.02 bits per heavy atom. The third-order valence-electron chi connectivity index (χ3n) is 7.53. The van der Waals surface area contributed by atoms with Gasteiger partial charge in [0.1, 0.15) is 12.6 Å². The first kappa shape index (κ1) is 29.1. The molecule has 1 aliphatic rings. The summed E-state index contributed by atoms with van der Waals surface area (Å²) in [6, 6.07) is 32.5. The summed E-state index contributed by atoms with van der Waals surface area (Å²) in [6.45, 7) is -0.322. The second kappa shape index (κ2) is 13.0. The van der Waals surface area contributed by atoms with Crippen molar-refractivity contribution in [2.45, 2.75) is 31.0 Å². The monoisotopic (exact) mass is 577 g/mol. The Morgan fingerprint density at radius 2 is 1.42 bits per heavy atom. The number of amides is 3. The molecule has 1 fully saturated rings. The van der Waals surface area contributed by atoms with Crippen LogP contribution < -0.4 is 10.6 Å². The average Bonchev–Trinajstić information content (AvgIpc) is 3.46. The number of rotatable bonds is 9. The van der Waals surface area contributed by atoms with Crippen LogP contribution in [0.3, 0.4) is 0 Å². The van der Waals surface area contributed by atoms with E-state index in [1.807, 2.05) is 91.0 Å². The highest BCUT2D eigenvalue weighted by Gasteiger charge is 2.53. The molecule has 9 nitrogen and oxygen atoms in total. The molecule has 0 saturated carbocycles. The summed E-state index contributed by atoms with van der Waals surface area (Å²) in [4.78, 5) is 52.9. The van der Waals surface area contributed by atoms with Crippen molar-refractivity contribution >= 4 is 29.6 Å². The molecule has 0 bridgehead atoms. The molecule has 1 unspecified atom stereocenters. The molecule has 43 heavy (non-hydrogen) atoms. The predicted octanol–water partition coefficient (Wildman–Crippen LogP) is 5.18. The van der Waals surface area contributed by atoms with Gasteiger partial charge in [-0.3, -0.25) is 4.79 Å². The summed E-state index contributed by atoms with van der Waals surface area (Å²) in [6.07, 6.45) is 0.660. The lowest BCUT2D eigenvalue weighted by Gasteiger charge is -2.41. The maximum atomic E-state index is 13.8. The molecule has 9 heteroatoms. The summed E-state index contributed by atoms with van der Waals surface area (Å²) in [7, 11) is 0. The Labute approximate surface area is 249 Å². The van der Waals surface area contributed by atoms with E-state index in [1.54, 1.807) is 18.2 Å². The summed E-state index contributed by atoms with van der Waals surface area (Å²) in [5.74, 6) is -2.19. The molecule has 0 aromatic heterocycles. The number of hydrogen-bond acceptors (Lipinski definition) is 5. The number of nitrogens with one attached hydrogen (secondary N) is 2. The van der Waals surface area contributed by atoms with Crippen molar-refractivity contribution in [2.75, 3.05) is 11.9 Å². The topological polar surface area (TPSA) is 125 Å². The Bertz CT molecular complexity index is 1550. The Hall–Kier alpha value is -5.44. The number of carbonyl (C=O) groups excluding carboxylic acids is 3. The molecule has 4 aromatic rings. The lowest BCUT2D eigenvalue weighted by Crippen LogP contribution is -2.54. The van der Waals surface area contributed by atoms with Crippen LogP contribution in [-0.4, -0.2) is 46.5 Å². The van der Waals surface area contributed by atoms with Crippen molar-refractivity contribution in [1.29, 1.82) is 0 Å². The number of esters is 1. The molecule has 5 rings (SSSR count). The lowest BCUT2D eigenvalue weighted by molar-refractivity contribution is -0.151. The zero-order valence-corrected chi connectivity index (χ0v) is 23.3. The van der Waals surface area contributed by atoms with E-state index < -0.39 is 42.0 Å². The number of aliphatic carboxylic acids is 1. The fraction of sp³-hybridized carbons (Fsp3) is 0.176. The average molecular weight is 578 g/mol. The summed E-state index contributed by atoms with van der Waals surface area (Å²) >= 11 is 0. The fourth-order valence-electron chi connectivity index (χ4n) is 5.59. The number of likely N-dealkylation sites (tertiary alicyclic amines) is 1. The van der Waals surface area contributed by atoms with Crippen LogP contribution in [0.4, 0.5) is 10.5 Å². The van der Waals surface area contributed by atoms with E-state index in [0.29, 0.717) is 12.1 Å². The van der Waals surface area contributed by atoms with Crippen LogP contribution in [0, 0.1) is 0 Å². The van der Waals surface area contributed by atoms with Gasteiger partial charge in [0, 0.05) is 5.69 Å². The van der Waals surface area contributed by atoms with Crippen molar-refractivity contribution < 1.29 is 29.0 Å². The molecule has 3 amide bonds. The summed E-state index contributed by atoms with van der Waals surface area (Å²) < 4.78 is 5.37. The van der Waals surface area contributed by atoms with E-state index >= 15 is 0 Å². The van der Waals surface area contributed by atoms with Crippen LogP contribution in [0.2, 0.25) is 0 Å². The first-order valence-corrected chi connectivity index (χ1v) is 13.9. The second-order valence-electron chi connectivity index (χ2n) is 10.2. The maximum absolute atomic E-state index is 13.8. The van der Waals surface area contributed by atoms with Crippen molar-refractivity contribution in [3.8, 4) is 0 Å². The zero-order valence-electron chi connectivity index (χ0n) is 23.3. The minimum atomic E-state index is -1.11. The van der Waals surface area contributed by atoms with Crippen molar-refractivity contribution in [3.05, 3.63) is 138 Å². The minimum absolute atomic E-state index is 0.112. The standard InChI is InChI=1S/C34H31N3O6/c38-30(22-35-33(42)36-28-18-10-13-25(21-28)32(41)43-23-24-11-4-1-5-12-24)37-29(31(39)40)19-20-34(37,26-14-6-2-7-15-26)27-16-8-3-9-17-27/h1-18,21,29H,19-20,22-23H2,(H,39,40)(H2,35,36,42). The largest absolute Gasteiger partial charge is 0.480 e. The highest BCUT2D eigenvalue weighted by Crippen LogP contribution is 2.47. The van der Waals surface area contributed by atoms with Gasteiger partial charge in [0.25, 0.3) is 0 Å². The molecule has 218 valence electrons. The highest BCUT2D eigenvalue weighted by atomic mass is 16.5. The molecule has 4 aromatic carbocycles. The Balaban J connectivity index is 1.29. The lowest BCUT2D eigenvalue weighted by atomic mass is 9.80. The van der Waals surface area contributed by atoms with E-state index in [-0.39, 0.29) is 18.6 Å². The number of benzene rings is 4. The van der Waals surface area contributed by atoms with Crippen molar-refractivity contribution in [2.24, 2.45) is 0 Å². The minimum Gasteiger partial charge on any atom is -0.480 e. The van der Waals surface area contributed by atoms with Gasteiger partial charge in [-0.2, -0.15) is 0 Å². The van der Waals surface area contributed by atoms with Gasteiger partial charge in [-0.15, -0.1) is 0 Å². The van der Waals surface area contributed by atoms with Crippen molar-refractivity contribution in [1.82, 2.24) is 10.2 Å². The summed E-state index contributed by atoms with van der Waals surface area (Å²) in [5.41, 5.74) is 1.99. The first-order chi connectivity index (χ1) is 20.9. The summed E-state index contributed by atoms with van der Waals surface area (Å²) in [5, 5.41) is 15.3. The van der Waals surface area contributed by atoms with E-state index in [1.165, 1.54) is 11.0 Å². The highest BCUT2D eigenvalue weighted by molar-refractivity contribution is 5.96. The zero-order chi connectivity index (χ0) is 30.2. The van der Waals surface area contributed by atoms with Gasteiger partial charge >= 0.3 is 18.0 Å². The van der Waals surface area contributed by atoms with Gasteiger partial charge < -0.3 is 25.4 Å². The molecule has 3 N–H and O–H groups in total. The number of carboxylic acids is 1. The van der Waals surface area contributed by atoms with Crippen LogP contribution in [0.5, 0.6) is 0 Å². The smallest absolute Gasteiger partial charge is 0.338 e. The van der Waals surface area contributed by atoms with Crippen LogP contribution in [0.1, 0.15) is 39.9 Å². The molecule has 1 heterocycles.